The van der Waals surface area contributed by atoms with E-state index in [1.54, 1.807) is 28.0 Å². The topological polar surface area (TPSA) is 24.6 Å². The molecule has 4 nitrogen and oxygen atoms in total. The third-order valence-corrected chi connectivity index (χ3v) is 15.3. The standard InChI is InChI=1S/C60H52BN3OS/c1-58(2,3)39-21-24-40(25-22-39)64-50-30-42(63-47-17-11-8-14-43(47)56-55(63)44-15-9-12-18-51(44)65-56)29-49-54(50)61(53-45-16-10-13-19-52(45)66-57(53)64)46-27-37-33-60(6,7)34-38(37)28-48(46)62(49)41-23-20-35-31-59(4,5)32-36(35)26-41/h8-30H,31-34H2,1-7H3/i8D,9D,10D,11D,12D,13D,20D,21D,22D,23D,24D,25D,26D,27D,28D. The molecule has 14 rings (SSSR count). The Morgan fingerprint density at radius 1 is 0.606 bits per heavy atom. The third kappa shape index (κ3) is 5.45. The Morgan fingerprint density at radius 3 is 1.98 bits per heavy atom. The van der Waals surface area contributed by atoms with E-state index < -0.39 is 12.1 Å². The van der Waals surface area contributed by atoms with Gasteiger partial charge in [-0.3, -0.25) is 0 Å². The van der Waals surface area contributed by atoms with Crippen molar-refractivity contribution in [1.82, 2.24) is 4.57 Å². The molecule has 0 amide bonds. The lowest BCUT2D eigenvalue weighted by Crippen LogP contribution is -2.61. The largest absolute Gasteiger partial charge is 0.454 e. The number of fused-ring (bicyclic) bond motifs is 13. The Labute approximate surface area is 412 Å². The zero-order chi connectivity index (χ0) is 57.6. The zero-order valence-electron chi connectivity index (χ0n) is 52.7. The summed E-state index contributed by atoms with van der Waals surface area (Å²) < 4.78 is 153. The number of rotatable bonds is 3. The number of para-hydroxylation sites is 2. The molecule has 5 heterocycles. The van der Waals surface area contributed by atoms with Gasteiger partial charge in [0.15, 0.2) is 5.58 Å². The molecule has 0 fully saturated rings. The van der Waals surface area contributed by atoms with Crippen molar-refractivity contribution in [2.75, 3.05) is 9.80 Å². The minimum Gasteiger partial charge on any atom is -0.454 e. The summed E-state index contributed by atoms with van der Waals surface area (Å²) in [6.45, 7) is 12.9. The van der Waals surface area contributed by atoms with Crippen LogP contribution in [0.3, 0.4) is 0 Å². The number of anilines is 6. The summed E-state index contributed by atoms with van der Waals surface area (Å²) in [5, 5.41) is 1.86. The number of benzene rings is 7. The van der Waals surface area contributed by atoms with Crippen LogP contribution in [0.15, 0.2) is 144 Å². The molecule has 0 unspecified atom stereocenters. The molecule has 2 aliphatic heterocycles. The van der Waals surface area contributed by atoms with Crippen molar-refractivity contribution in [3.05, 3.63) is 167 Å². The van der Waals surface area contributed by atoms with E-state index >= 15 is 0 Å². The van der Waals surface area contributed by atoms with Gasteiger partial charge in [0, 0.05) is 43.9 Å². The van der Waals surface area contributed by atoms with Crippen molar-refractivity contribution in [2.45, 2.75) is 79.6 Å². The molecule has 66 heavy (non-hydrogen) atoms. The van der Waals surface area contributed by atoms with E-state index in [1.165, 1.54) is 29.5 Å². The second-order valence-corrected chi connectivity index (χ2v) is 22.2. The molecule has 4 aliphatic rings. The van der Waals surface area contributed by atoms with E-state index in [1.807, 2.05) is 37.5 Å². The van der Waals surface area contributed by atoms with Crippen LogP contribution >= 0.6 is 11.3 Å². The molecule has 7 aromatic carbocycles. The van der Waals surface area contributed by atoms with Crippen molar-refractivity contribution in [3.63, 3.8) is 0 Å². The van der Waals surface area contributed by atoms with Gasteiger partial charge in [-0.05, 0) is 164 Å². The van der Waals surface area contributed by atoms with Crippen LogP contribution in [0, 0.1) is 10.8 Å². The third-order valence-electron chi connectivity index (χ3n) is 14.2. The van der Waals surface area contributed by atoms with Crippen molar-refractivity contribution in [2.24, 2.45) is 10.8 Å². The molecule has 0 spiro atoms. The van der Waals surface area contributed by atoms with E-state index in [2.05, 4.69) is 27.7 Å². The van der Waals surface area contributed by atoms with Gasteiger partial charge < -0.3 is 18.8 Å². The molecule has 10 aromatic rings. The van der Waals surface area contributed by atoms with Gasteiger partial charge >= 0.3 is 0 Å². The smallest absolute Gasteiger partial charge is 0.254 e. The normalized spacial score (nSPS) is 19.8. The highest BCUT2D eigenvalue weighted by Gasteiger charge is 2.47. The number of thiophene rings is 1. The molecule has 0 saturated carbocycles. The summed E-state index contributed by atoms with van der Waals surface area (Å²) in [6, 6.07) is 11.2. The Kier molecular flexibility index (Phi) is 5.28. The number of nitrogens with zero attached hydrogens (tertiary/aromatic N) is 3. The molecule has 0 saturated heterocycles. The molecule has 3 aromatic heterocycles. The van der Waals surface area contributed by atoms with E-state index in [9.17, 15) is 12.3 Å². The molecule has 0 radical (unpaired) electrons. The van der Waals surface area contributed by atoms with Gasteiger partial charge in [0.25, 0.3) is 6.71 Å². The average molecular weight is 889 g/mol. The number of aromatic nitrogens is 1. The van der Waals surface area contributed by atoms with Crippen molar-refractivity contribution in [3.8, 4) is 5.69 Å². The van der Waals surface area contributed by atoms with Gasteiger partial charge in [-0.2, -0.15) is 0 Å². The van der Waals surface area contributed by atoms with Gasteiger partial charge in [0.05, 0.1) is 36.8 Å². The SMILES string of the molecule is [2H]c1cc2oc3c4cc([2H])c([2H])cc4n(-c4cc5c6c(c4)N(c4c([2H])c([2H])c7c(c4[2H])CC(C)(C)C7)c4c([2H])c7c(c([2H])c4B6c4c(sc6cc([2H])c([2H])cc46)N5c4c([2H])c([2H])c(C(C)(C)C)c([2H])c4[2H])CC(C)(C)C7)c3c2cc1[2H]. The van der Waals surface area contributed by atoms with Gasteiger partial charge in [0.1, 0.15) is 11.1 Å². The molecule has 0 N–H and O–H groups in total. The maximum Gasteiger partial charge on any atom is 0.254 e. The van der Waals surface area contributed by atoms with Crippen LogP contribution < -0.4 is 26.2 Å². The lowest BCUT2D eigenvalue weighted by Gasteiger charge is -2.44. The van der Waals surface area contributed by atoms with Gasteiger partial charge in [-0.25, -0.2) is 0 Å². The maximum atomic E-state index is 10.6. The molecule has 6 heteroatoms. The average Bonchev–Trinajstić information content (AvgIpc) is 2.48. The highest BCUT2D eigenvalue weighted by Crippen LogP contribution is 2.52. The fraction of sp³-hybridized carbons (Fsp3) is 0.233. The second-order valence-electron chi connectivity index (χ2n) is 21.2. The highest BCUT2D eigenvalue weighted by molar-refractivity contribution is 7.26. The van der Waals surface area contributed by atoms with Crippen molar-refractivity contribution in [1.29, 1.82) is 0 Å². The summed E-state index contributed by atoms with van der Waals surface area (Å²) >= 11 is 1.24. The van der Waals surface area contributed by atoms with Gasteiger partial charge in [-0.15, -0.1) is 11.3 Å². The van der Waals surface area contributed by atoms with E-state index in [4.69, 9.17) is 12.6 Å². The first kappa shape index (κ1) is 26.6. The number of hydrogen-bond acceptors (Lipinski definition) is 4. The zero-order valence-corrected chi connectivity index (χ0v) is 38.5. The Balaban J connectivity index is 1.24. The Bertz CT molecular complexity index is 4590. The van der Waals surface area contributed by atoms with Crippen LogP contribution in [-0.2, 0) is 31.1 Å². The number of furan rings is 1. The lowest BCUT2D eigenvalue weighted by atomic mass is 9.33. The predicted octanol–water partition coefficient (Wildman–Crippen LogP) is 14.4. The molecule has 0 bridgehead atoms. The fourth-order valence-electron chi connectivity index (χ4n) is 11.3. The summed E-state index contributed by atoms with van der Waals surface area (Å²) in [4.78, 5) is 3.42. The maximum absolute atomic E-state index is 10.6. The van der Waals surface area contributed by atoms with Crippen molar-refractivity contribution >= 4 is 111 Å². The summed E-state index contributed by atoms with van der Waals surface area (Å²) in [5.74, 6) is 0. The minimum atomic E-state index is -0.962. The molecular formula is C60H52BN3OS. The minimum absolute atomic E-state index is 0.00830. The van der Waals surface area contributed by atoms with Crippen LogP contribution in [0.4, 0.5) is 33.4 Å². The number of hydrogen-bond donors (Lipinski definition) is 0. The lowest BCUT2D eigenvalue weighted by molar-refractivity contribution is 0.392. The van der Waals surface area contributed by atoms with Crippen LogP contribution in [0.5, 0.6) is 0 Å². The van der Waals surface area contributed by atoms with Crippen LogP contribution in [0.2, 0.25) is 0 Å². The van der Waals surface area contributed by atoms with Crippen LogP contribution in [0.1, 0.15) is 96.8 Å². The Morgan fingerprint density at radius 2 is 1.23 bits per heavy atom. The molecule has 322 valence electrons. The monoisotopic (exact) mass is 888 g/mol. The first-order valence-electron chi connectivity index (χ1n) is 30.1. The highest BCUT2D eigenvalue weighted by atomic mass is 32.1. The molecule has 0 atom stereocenters. The van der Waals surface area contributed by atoms with Crippen molar-refractivity contribution < 1.29 is 25.0 Å². The second kappa shape index (κ2) is 13.1. The summed E-state index contributed by atoms with van der Waals surface area (Å²) in [7, 11) is 0. The predicted molar refractivity (Wildman–Crippen MR) is 281 cm³/mol. The van der Waals surface area contributed by atoms with Crippen LogP contribution in [-0.4, -0.2) is 11.3 Å². The van der Waals surface area contributed by atoms with Gasteiger partial charge in [-0.1, -0.05) is 115 Å². The van der Waals surface area contributed by atoms with Crippen LogP contribution in [0.25, 0.3) is 48.7 Å². The molecular weight excluding hydrogens is 822 g/mol. The quantitative estimate of drug-likeness (QED) is 0.165. The summed E-state index contributed by atoms with van der Waals surface area (Å²) in [6.07, 6.45) is 1.83. The molecule has 2 aliphatic carbocycles. The first-order valence-corrected chi connectivity index (χ1v) is 23.5. The Hall–Kier alpha value is -6.50. The fourth-order valence-corrected chi connectivity index (χ4v) is 12.6. The van der Waals surface area contributed by atoms with E-state index in [-0.39, 0.29) is 130 Å². The van der Waals surface area contributed by atoms with Gasteiger partial charge in [0.2, 0.25) is 0 Å². The first-order chi connectivity index (χ1) is 38.0. The van der Waals surface area contributed by atoms with E-state index in [0.29, 0.717) is 124 Å². The summed E-state index contributed by atoms with van der Waals surface area (Å²) in [5.41, 5.74) is 5.14. The van der Waals surface area contributed by atoms with E-state index in [0.717, 1.165) is 0 Å².